The fraction of sp³-hybridized carbons (Fsp3) is 0.708. The maximum Gasteiger partial charge on any atom is 0.306 e. The van der Waals surface area contributed by atoms with Crippen molar-refractivity contribution in [1.82, 2.24) is 0 Å². The van der Waals surface area contributed by atoms with E-state index >= 15 is 0 Å². The van der Waals surface area contributed by atoms with Gasteiger partial charge in [0.1, 0.15) is 13.2 Å². The van der Waals surface area contributed by atoms with Gasteiger partial charge in [-0.15, -0.1) is 0 Å². The highest BCUT2D eigenvalue weighted by Crippen LogP contribution is 2.14. The summed E-state index contributed by atoms with van der Waals surface area (Å²) >= 11 is 0. The van der Waals surface area contributed by atoms with Crippen LogP contribution in [0.3, 0.4) is 0 Å². The molecule has 0 radical (unpaired) electrons. The lowest BCUT2D eigenvalue weighted by atomic mass is 10.1. The van der Waals surface area contributed by atoms with E-state index in [9.17, 15) is 14.4 Å². The molecule has 0 aliphatic rings. The molecule has 1 unspecified atom stereocenters. The van der Waals surface area contributed by atoms with E-state index in [0.717, 1.165) is 141 Å². The van der Waals surface area contributed by atoms with Gasteiger partial charge in [-0.3, -0.25) is 14.4 Å². The minimum atomic E-state index is -0.798. The molecule has 0 aromatic heterocycles. The molecule has 0 bridgehead atoms. The molecular weight excluding hydrogens is 877 g/mol. The Bertz CT molecular complexity index is 1410. The Labute approximate surface area is 438 Å². The van der Waals surface area contributed by atoms with Crippen LogP contribution in [0.5, 0.6) is 0 Å². The second-order valence-electron chi connectivity index (χ2n) is 19.5. The lowest BCUT2D eigenvalue weighted by molar-refractivity contribution is -0.167. The monoisotopic (exact) mass is 987 g/mol. The van der Waals surface area contributed by atoms with E-state index in [4.69, 9.17) is 14.2 Å². The first kappa shape index (κ1) is 67.3. The van der Waals surface area contributed by atoms with Crippen LogP contribution in [-0.2, 0) is 28.6 Å². The highest BCUT2D eigenvalue weighted by Gasteiger charge is 2.19. The summed E-state index contributed by atoms with van der Waals surface area (Å²) in [7, 11) is 0. The second kappa shape index (κ2) is 58.9. The number of allylic oxidation sites excluding steroid dienone is 16. The number of carbonyl (C=O) groups is 3. The summed E-state index contributed by atoms with van der Waals surface area (Å²) < 4.78 is 16.9. The van der Waals surface area contributed by atoms with Gasteiger partial charge in [-0.2, -0.15) is 0 Å². The first-order valence-electron chi connectivity index (χ1n) is 29.7. The molecule has 0 fully saturated rings. The van der Waals surface area contributed by atoms with Crippen molar-refractivity contribution >= 4 is 17.9 Å². The van der Waals surface area contributed by atoms with Crippen LogP contribution < -0.4 is 0 Å². The fourth-order valence-electron chi connectivity index (χ4n) is 8.08. The van der Waals surface area contributed by atoms with Gasteiger partial charge in [-0.25, -0.2) is 0 Å². The third kappa shape index (κ3) is 57.1. The van der Waals surface area contributed by atoms with Crippen molar-refractivity contribution in [3.05, 3.63) is 97.2 Å². The lowest BCUT2D eigenvalue weighted by Crippen LogP contribution is -2.30. The van der Waals surface area contributed by atoms with Crippen molar-refractivity contribution in [2.45, 2.75) is 284 Å². The van der Waals surface area contributed by atoms with Gasteiger partial charge in [0.25, 0.3) is 0 Å². The minimum absolute atomic E-state index is 0.0940. The molecule has 0 aromatic carbocycles. The summed E-state index contributed by atoms with van der Waals surface area (Å²) in [6.07, 6.45) is 78.2. The summed E-state index contributed by atoms with van der Waals surface area (Å²) in [5, 5.41) is 0. The Morgan fingerprint density at radius 3 is 0.887 bits per heavy atom. The topological polar surface area (TPSA) is 78.9 Å². The molecule has 71 heavy (non-hydrogen) atoms. The SMILES string of the molecule is CC/C=C\C/C=C\C/C=C\C/C=C\C/C=C\CCCCCCCC(=O)OCC(COC(=O)CCCCCCC/C=C\CCCCCCCCC)OC(=O)CCCCCCC/C=C\C/C=C\CCCCCC. The van der Waals surface area contributed by atoms with E-state index in [1.54, 1.807) is 0 Å². The van der Waals surface area contributed by atoms with Crippen molar-refractivity contribution in [2.24, 2.45) is 0 Å². The number of esters is 3. The molecule has 0 saturated heterocycles. The average molecular weight is 988 g/mol. The quantitative estimate of drug-likeness (QED) is 0.0261. The van der Waals surface area contributed by atoms with Crippen molar-refractivity contribution in [2.75, 3.05) is 13.2 Å². The molecule has 0 aliphatic heterocycles. The maximum atomic E-state index is 12.9. The molecular formula is C65H110O6. The van der Waals surface area contributed by atoms with Crippen LogP contribution in [0.2, 0.25) is 0 Å². The van der Waals surface area contributed by atoms with Crippen LogP contribution in [0, 0.1) is 0 Å². The summed E-state index contributed by atoms with van der Waals surface area (Å²) in [6, 6.07) is 0. The molecule has 0 amide bonds. The van der Waals surface area contributed by atoms with E-state index in [1.807, 2.05) is 0 Å². The van der Waals surface area contributed by atoms with Gasteiger partial charge >= 0.3 is 17.9 Å². The van der Waals surface area contributed by atoms with Gasteiger partial charge in [0.2, 0.25) is 0 Å². The normalized spacial score (nSPS) is 12.8. The Hall–Kier alpha value is -3.67. The molecule has 0 rings (SSSR count). The largest absolute Gasteiger partial charge is 0.462 e. The predicted molar refractivity (Wildman–Crippen MR) is 307 cm³/mol. The van der Waals surface area contributed by atoms with E-state index in [2.05, 4.69) is 118 Å². The van der Waals surface area contributed by atoms with Crippen molar-refractivity contribution < 1.29 is 28.6 Å². The number of hydrogen-bond donors (Lipinski definition) is 0. The number of rotatable bonds is 53. The number of unbranched alkanes of at least 4 members (excludes halogenated alkanes) is 26. The molecule has 0 aromatic rings. The molecule has 406 valence electrons. The third-order valence-electron chi connectivity index (χ3n) is 12.5. The first-order chi connectivity index (χ1) is 35.0. The van der Waals surface area contributed by atoms with Gasteiger partial charge in [0.05, 0.1) is 0 Å². The maximum absolute atomic E-state index is 12.9. The molecule has 0 heterocycles. The number of hydrogen-bond acceptors (Lipinski definition) is 6. The van der Waals surface area contributed by atoms with E-state index in [0.29, 0.717) is 19.3 Å². The van der Waals surface area contributed by atoms with Gasteiger partial charge in [0.15, 0.2) is 6.10 Å². The van der Waals surface area contributed by atoms with Crippen molar-refractivity contribution in [3.8, 4) is 0 Å². The van der Waals surface area contributed by atoms with Crippen molar-refractivity contribution in [1.29, 1.82) is 0 Å². The van der Waals surface area contributed by atoms with E-state index in [-0.39, 0.29) is 31.1 Å². The van der Waals surface area contributed by atoms with Crippen LogP contribution >= 0.6 is 0 Å². The summed E-state index contributed by atoms with van der Waals surface area (Å²) in [5.41, 5.74) is 0. The predicted octanol–water partition coefficient (Wildman–Crippen LogP) is 20.1. The molecule has 6 heteroatoms. The van der Waals surface area contributed by atoms with Crippen molar-refractivity contribution in [3.63, 3.8) is 0 Å². The minimum Gasteiger partial charge on any atom is -0.462 e. The fourth-order valence-corrected chi connectivity index (χ4v) is 8.08. The van der Waals surface area contributed by atoms with Crippen LogP contribution in [0.4, 0.5) is 0 Å². The molecule has 1 atom stereocenters. The van der Waals surface area contributed by atoms with Gasteiger partial charge in [-0.05, 0) is 122 Å². The van der Waals surface area contributed by atoms with Crippen LogP contribution in [0.1, 0.15) is 278 Å². The molecule has 0 aliphatic carbocycles. The standard InChI is InChI=1S/C65H110O6/c1-4-7-10-13-16-19-22-25-28-31-32-33-34-35-38-40-43-46-49-52-55-58-64(67)70-61-62(71-65(68)59-56-53-50-47-44-41-37-30-27-24-21-18-15-12-9-6-3)60-69-63(66)57-54-51-48-45-42-39-36-29-26-23-20-17-14-11-8-5-2/h7,10,16,19,21,24-25,28-30,32-33,35-38,62H,4-6,8-9,11-15,17-18,20,22-23,26-27,31,34,39-61H2,1-3H3/b10-7-,19-16-,24-21-,28-25-,33-32-,36-29-,37-30-,38-35-. The third-order valence-corrected chi connectivity index (χ3v) is 12.5. The number of carbonyl (C=O) groups excluding carboxylic acids is 3. The Balaban J connectivity index is 4.45. The van der Waals surface area contributed by atoms with Gasteiger partial charge in [0, 0.05) is 19.3 Å². The van der Waals surface area contributed by atoms with Gasteiger partial charge in [-0.1, -0.05) is 234 Å². The van der Waals surface area contributed by atoms with Crippen LogP contribution in [0.25, 0.3) is 0 Å². The summed E-state index contributed by atoms with van der Waals surface area (Å²) in [5.74, 6) is -0.930. The van der Waals surface area contributed by atoms with Crippen LogP contribution in [-0.4, -0.2) is 37.2 Å². The zero-order chi connectivity index (χ0) is 51.4. The molecule has 6 nitrogen and oxygen atoms in total. The lowest BCUT2D eigenvalue weighted by Gasteiger charge is -2.18. The Kier molecular flexibility index (Phi) is 55.9. The van der Waals surface area contributed by atoms with Crippen LogP contribution in [0.15, 0.2) is 97.2 Å². The molecule has 0 spiro atoms. The zero-order valence-corrected chi connectivity index (χ0v) is 46.5. The Morgan fingerprint density at radius 2 is 0.549 bits per heavy atom. The van der Waals surface area contributed by atoms with E-state index < -0.39 is 6.10 Å². The second-order valence-corrected chi connectivity index (χ2v) is 19.5. The molecule has 0 saturated carbocycles. The number of ether oxygens (including phenoxy) is 3. The summed E-state index contributed by atoms with van der Waals surface area (Å²) in [4.78, 5) is 38.2. The summed E-state index contributed by atoms with van der Waals surface area (Å²) in [6.45, 7) is 6.48. The Morgan fingerprint density at radius 1 is 0.296 bits per heavy atom. The van der Waals surface area contributed by atoms with E-state index in [1.165, 1.54) is 96.3 Å². The highest BCUT2D eigenvalue weighted by molar-refractivity contribution is 5.71. The highest BCUT2D eigenvalue weighted by atomic mass is 16.6. The average Bonchev–Trinajstić information content (AvgIpc) is 3.37. The first-order valence-corrected chi connectivity index (χ1v) is 29.7. The smallest absolute Gasteiger partial charge is 0.306 e. The van der Waals surface area contributed by atoms with Gasteiger partial charge < -0.3 is 14.2 Å². The zero-order valence-electron chi connectivity index (χ0n) is 46.5. The molecule has 0 N–H and O–H groups in total.